The quantitative estimate of drug-likeness (QED) is 0.360. The van der Waals surface area contributed by atoms with Crippen LogP contribution in [0.25, 0.3) is 6.08 Å². The Morgan fingerprint density at radius 3 is 2.36 bits per heavy atom. The lowest BCUT2D eigenvalue weighted by atomic mass is 9.82. The Kier molecular flexibility index (Phi) is 9.74. The van der Waals surface area contributed by atoms with Crippen LogP contribution in [-0.2, 0) is 15.1 Å². The predicted molar refractivity (Wildman–Crippen MR) is 120 cm³/mol. The standard InChI is InChI=1S/C24H40N2O2/c1-7-9-10-11-12-13-18-24(25,22(27)28-23(3,4)5)20-16-14-17-21(26-6)19(20)15-8-2/h8,14-17,26H,7,9-13,18,25H2,1-6H3. The Labute approximate surface area is 171 Å². The van der Waals surface area contributed by atoms with E-state index in [2.05, 4.69) is 12.2 Å². The first-order chi connectivity index (χ1) is 13.2. The molecule has 4 heteroatoms. The Hall–Kier alpha value is -1.81. The number of carbonyl (C=O) groups is 1. The van der Waals surface area contributed by atoms with Crippen molar-refractivity contribution >= 4 is 17.7 Å². The summed E-state index contributed by atoms with van der Waals surface area (Å²) in [6, 6.07) is 5.90. The molecule has 0 aliphatic rings. The topological polar surface area (TPSA) is 64.3 Å². The van der Waals surface area contributed by atoms with E-state index in [1.165, 1.54) is 25.7 Å². The second-order valence-electron chi connectivity index (χ2n) is 8.51. The number of anilines is 1. The number of unbranched alkanes of at least 4 members (excludes halogenated alkanes) is 5. The first kappa shape index (κ1) is 24.2. The minimum atomic E-state index is -1.17. The van der Waals surface area contributed by atoms with Crippen molar-refractivity contribution in [1.29, 1.82) is 0 Å². The van der Waals surface area contributed by atoms with Crippen molar-refractivity contribution < 1.29 is 9.53 Å². The van der Waals surface area contributed by atoms with Crippen molar-refractivity contribution in [2.75, 3.05) is 12.4 Å². The monoisotopic (exact) mass is 388 g/mol. The van der Waals surface area contributed by atoms with Crippen LogP contribution in [0.1, 0.15) is 90.7 Å². The van der Waals surface area contributed by atoms with Crippen LogP contribution in [0.3, 0.4) is 0 Å². The molecule has 4 nitrogen and oxygen atoms in total. The summed E-state index contributed by atoms with van der Waals surface area (Å²) in [4.78, 5) is 13.2. The molecule has 0 fully saturated rings. The fourth-order valence-corrected chi connectivity index (χ4v) is 3.42. The number of nitrogens with two attached hydrogens (primary N) is 1. The third kappa shape index (κ3) is 6.97. The van der Waals surface area contributed by atoms with Crippen molar-refractivity contribution in [3.05, 3.63) is 35.4 Å². The minimum absolute atomic E-state index is 0.354. The van der Waals surface area contributed by atoms with Gasteiger partial charge in [0.1, 0.15) is 11.1 Å². The number of ether oxygens (including phenoxy) is 1. The Bertz CT molecular complexity index is 646. The molecule has 1 atom stereocenters. The van der Waals surface area contributed by atoms with Crippen molar-refractivity contribution in [1.82, 2.24) is 0 Å². The van der Waals surface area contributed by atoms with E-state index in [0.29, 0.717) is 6.42 Å². The van der Waals surface area contributed by atoms with Crippen molar-refractivity contribution in [3.8, 4) is 0 Å². The average molecular weight is 389 g/mol. The van der Waals surface area contributed by atoms with Crippen molar-refractivity contribution in [2.45, 2.75) is 90.7 Å². The van der Waals surface area contributed by atoms with Gasteiger partial charge in [0.2, 0.25) is 0 Å². The number of allylic oxidation sites excluding steroid dienone is 1. The minimum Gasteiger partial charge on any atom is -0.458 e. The molecule has 0 heterocycles. The first-order valence-electron chi connectivity index (χ1n) is 10.7. The lowest BCUT2D eigenvalue weighted by molar-refractivity contribution is -0.162. The van der Waals surface area contributed by atoms with Gasteiger partial charge in [-0.2, -0.15) is 0 Å². The molecular formula is C24H40N2O2. The molecule has 0 saturated heterocycles. The van der Waals surface area contributed by atoms with Crippen LogP contribution < -0.4 is 11.1 Å². The third-order valence-electron chi connectivity index (χ3n) is 4.88. The molecule has 1 rings (SSSR count). The fraction of sp³-hybridized carbons (Fsp3) is 0.625. The highest BCUT2D eigenvalue weighted by molar-refractivity contribution is 5.86. The maximum atomic E-state index is 13.2. The lowest BCUT2D eigenvalue weighted by Crippen LogP contribution is -2.49. The molecule has 1 aromatic carbocycles. The van der Waals surface area contributed by atoms with Crippen LogP contribution in [0.2, 0.25) is 0 Å². The van der Waals surface area contributed by atoms with Gasteiger partial charge in [-0.25, -0.2) is 4.79 Å². The molecule has 0 bridgehead atoms. The zero-order valence-electron chi connectivity index (χ0n) is 18.7. The molecular weight excluding hydrogens is 348 g/mol. The normalized spacial score (nSPS) is 14.1. The Morgan fingerprint density at radius 1 is 1.14 bits per heavy atom. The molecule has 158 valence electrons. The highest BCUT2D eigenvalue weighted by Gasteiger charge is 2.40. The summed E-state index contributed by atoms with van der Waals surface area (Å²) in [6.45, 7) is 9.83. The van der Waals surface area contributed by atoms with E-state index in [9.17, 15) is 4.79 Å². The smallest absolute Gasteiger partial charge is 0.331 e. The number of esters is 1. The summed E-state index contributed by atoms with van der Waals surface area (Å²) in [5, 5.41) is 3.21. The van der Waals surface area contributed by atoms with Gasteiger partial charge in [0.05, 0.1) is 0 Å². The SMILES string of the molecule is CC=Cc1c(NC)cccc1C(N)(CCCCCCCC)C(=O)OC(C)(C)C. The van der Waals surface area contributed by atoms with E-state index in [1.807, 2.05) is 65.1 Å². The predicted octanol–water partition coefficient (Wildman–Crippen LogP) is 6.01. The molecule has 0 spiro atoms. The van der Waals surface area contributed by atoms with Crippen molar-refractivity contribution in [2.24, 2.45) is 5.73 Å². The van der Waals surface area contributed by atoms with Crippen LogP contribution in [0, 0.1) is 0 Å². The molecule has 1 aromatic rings. The number of hydrogen-bond acceptors (Lipinski definition) is 4. The lowest BCUT2D eigenvalue weighted by Gasteiger charge is -2.33. The molecule has 1 unspecified atom stereocenters. The van der Waals surface area contributed by atoms with Crippen LogP contribution in [-0.4, -0.2) is 18.6 Å². The second kappa shape index (κ2) is 11.3. The largest absolute Gasteiger partial charge is 0.458 e. The number of carbonyl (C=O) groups excluding carboxylic acids is 1. The summed E-state index contributed by atoms with van der Waals surface area (Å²) in [7, 11) is 1.88. The number of benzene rings is 1. The van der Waals surface area contributed by atoms with E-state index in [4.69, 9.17) is 10.5 Å². The maximum absolute atomic E-state index is 13.2. The average Bonchev–Trinajstić information content (AvgIpc) is 2.63. The van der Waals surface area contributed by atoms with Crippen LogP contribution in [0.5, 0.6) is 0 Å². The summed E-state index contributed by atoms with van der Waals surface area (Å²) in [5.41, 5.74) is 7.81. The van der Waals surface area contributed by atoms with E-state index < -0.39 is 11.1 Å². The van der Waals surface area contributed by atoms with E-state index in [1.54, 1.807) is 0 Å². The summed E-state index contributed by atoms with van der Waals surface area (Å²) >= 11 is 0. The molecule has 0 aliphatic heterocycles. The highest BCUT2D eigenvalue weighted by Crippen LogP contribution is 2.35. The summed E-state index contributed by atoms with van der Waals surface area (Å²) < 4.78 is 5.75. The third-order valence-corrected chi connectivity index (χ3v) is 4.88. The van der Waals surface area contributed by atoms with Gasteiger partial charge in [-0.1, -0.05) is 69.7 Å². The molecule has 0 amide bonds. The first-order valence-corrected chi connectivity index (χ1v) is 10.7. The van der Waals surface area contributed by atoms with Gasteiger partial charge in [0.15, 0.2) is 0 Å². The van der Waals surface area contributed by atoms with Gasteiger partial charge in [0.25, 0.3) is 0 Å². The van der Waals surface area contributed by atoms with Crippen LogP contribution in [0.15, 0.2) is 24.3 Å². The van der Waals surface area contributed by atoms with Gasteiger partial charge in [-0.05, 0) is 45.7 Å². The Morgan fingerprint density at radius 2 is 1.79 bits per heavy atom. The number of hydrogen-bond donors (Lipinski definition) is 2. The van der Waals surface area contributed by atoms with Crippen LogP contribution in [0.4, 0.5) is 5.69 Å². The second-order valence-corrected chi connectivity index (χ2v) is 8.51. The zero-order chi connectivity index (χ0) is 21.2. The fourth-order valence-electron chi connectivity index (χ4n) is 3.42. The van der Waals surface area contributed by atoms with E-state index in [-0.39, 0.29) is 5.97 Å². The molecule has 3 N–H and O–H groups in total. The van der Waals surface area contributed by atoms with Gasteiger partial charge < -0.3 is 15.8 Å². The highest BCUT2D eigenvalue weighted by atomic mass is 16.6. The molecule has 0 aliphatic carbocycles. The molecule has 0 radical (unpaired) electrons. The zero-order valence-corrected chi connectivity index (χ0v) is 18.7. The van der Waals surface area contributed by atoms with Gasteiger partial charge in [0, 0.05) is 18.3 Å². The van der Waals surface area contributed by atoms with Crippen molar-refractivity contribution in [3.63, 3.8) is 0 Å². The van der Waals surface area contributed by atoms with Gasteiger partial charge in [-0.3, -0.25) is 0 Å². The van der Waals surface area contributed by atoms with E-state index in [0.717, 1.165) is 29.7 Å². The summed E-state index contributed by atoms with van der Waals surface area (Å²) in [5.74, 6) is -0.354. The number of nitrogens with one attached hydrogen (secondary N) is 1. The Balaban J connectivity index is 3.22. The summed E-state index contributed by atoms with van der Waals surface area (Å²) in [6.07, 6.45) is 11.4. The molecule has 28 heavy (non-hydrogen) atoms. The maximum Gasteiger partial charge on any atom is 0.331 e. The van der Waals surface area contributed by atoms with Crippen LogP contribution >= 0.6 is 0 Å². The van der Waals surface area contributed by atoms with E-state index >= 15 is 0 Å². The molecule has 0 saturated carbocycles. The van der Waals surface area contributed by atoms with Gasteiger partial charge >= 0.3 is 5.97 Å². The van der Waals surface area contributed by atoms with Gasteiger partial charge in [-0.15, -0.1) is 0 Å². The molecule has 0 aromatic heterocycles. The number of rotatable bonds is 11.